The van der Waals surface area contributed by atoms with Crippen LogP contribution in [0.4, 0.5) is 4.79 Å². The molecule has 2 aliphatic rings. The Bertz CT molecular complexity index is 424. The van der Waals surface area contributed by atoms with Crippen molar-refractivity contribution in [1.29, 1.82) is 0 Å². The minimum Gasteiger partial charge on any atom is -0.480 e. The molecule has 7 heteroatoms. The summed E-state index contributed by atoms with van der Waals surface area (Å²) in [6.45, 7) is 8.82. The molecule has 1 aliphatic heterocycles. The van der Waals surface area contributed by atoms with Gasteiger partial charge in [0.1, 0.15) is 0 Å². The first-order valence-corrected chi connectivity index (χ1v) is 8.53. The lowest BCUT2D eigenvalue weighted by molar-refractivity contribution is -0.139. The van der Waals surface area contributed by atoms with Crippen LogP contribution in [-0.4, -0.2) is 77.9 Å². The zero-order valence-corrected chi connectivity index (χ0v) is 14.3. The van der Waals surface area contributed by atoms with E-state index < -0.39 is 5.97 Å². The number of nitrogens with one attached hydrogen (secondary N) is 1. The molecule has 0 aromatic rings. The Morgan fingerprint density at radius 3 is 2.65 bits per heavy atom. The van der Waals surface area contributed by atoms with Gasteiger partial charge in [-0.2, -0.15) is 0 Å². The molecule has 2 N–H and O–H groups in total. The number of carbonyl (C=O) groups excluding carboxylic acids is 1. The topological polar surface area (TPSA) is 82.1 Å². The van der Waals surface area contributed by atoms with Gasteiger partial charge in [-0.05, 0) is 25.3 Å². The lowest BCUT2D eigenvalue weighted by Gasteiger charge is -2.43. The van der Waals surface area contributed by atoms with Crippen LogP contribution in [0.3, 0.4) is 0 Å². The van der Waals surface area contributed by atoms with Crippen LogP contribution in [-0.2, 0) is 9.53 Å². The van der Waals surface area contributed by atoms with Crippen LogP contribution in [0.15, 0.2) is 0 Å². The van der Waals surface area contributed by atoms with Crippen molar-refractivity contribution in [3.05, 3.63) is 0 Å². The summed E-state index contributed by atoms with van der Waals surface area (Å²) in [6.07, 6.45) is 1.75. The Morgan fingerprint density at radius 2 is 2.09 bits per heavy atom. The van der Waals surface area contributed by atoms with E-state index in [1.807, 2.05) is 16.7 Å². The zero-order valence-electron chi connectivity index (χ0n) is 14.3. The maximum Gasteiger partial charge on any atom is 0.317 e. The SMILES string of the molecule is CCN(CC(=O)O)C1CC(NC(=O)N2CCOC(C(C)C)C2)C1. The van der Waals surface area contributed by atoms with Crippen molar-refractivity contribution in [3.8, 4) is 0 Å². The molecule has 2 fully saturated rings. The van der Waals surface area contributed by atoms with Crippen LogP contribution in [0, 0.1) is 5.92 Å². The van der Waals surface area contributed by atoms with E-state index in [4.69, 9.17) is 9.84 Å². The van der Waals surface area contributed by atoms with Crippen molar-refractivity contribution < 1.29 is 19.4 Å². The first kappa shape index (κ1) is 18.0. The Morgan fingerprint density at radius 1 is 1.39 bits per heavy atom. The third-order valence-corrected chi connectivity index (χ3v) is 4.83. The number of carboxylic acids is 1. The van der Waals surface area contributed by atoms with Crippen molar-refractivity contribution in [2.24, 2.45) is 5.92 Å². The molecule has 1 saturated carbocycles. The summed E-state index contributed by atoms with van der Waals surface area (Å²) in [5, 5.41) is 12.0. The number of aliphatic carboxylic acids is 1. The number of rotatable bonds is 6. The number of hydrogen-bond donors (Lipinski definition) is 2. The minimum atomic E-state index is -0.799. The Labute approximate surface area is 138 Å². The highest BCUT2D eigenvalue weighted by Crippen LogP contribution is 2.26. The number of amides is 2. The van der Waals surface area contributed by atoms with Crippen molar-refractivity contribution in [2.75, 3.05) is 32.8 Å². The van der Waals surface area contributed by atoms with Crippen LogP contribution in [0.5, 0.6) is 0 Å². The van der Waals surface area contributed by atoms with Crippen molar-refractivity contribution in [2.45, 2.75) is 51.8 Å². The Balaban J connectivity index is 1.74. The second kappa shape index (κ2) is 7.97. The van der Waals surface area contributed by atoms with E-state index >= 15 is 0 Å². The van der Waals surface area contributed by atoms with Gasteiger partial charge in [0.15, 0.2) is 0 Å². The van der Waals surface area contributed by atoms with Crippen molar-refractivity contribution in [3.63, 3.8) is 0 Å². The first-order valence-electron chi connectivity index (χ1n) is 8.53. The molecular formula is C16H29N3O4. The summed E-state index contributed by atoms with van der Waals surface area (Å²) >= 11 is 0. The van der Waals surface area contributed by atoms with Crippen molar-refractivity contribution in [1.82, 2.24) is 15.1 Å². The molecule has 0 aromatic carbocycles. The lowest BCUT2D eigenvalue weighted by atomic mass is 9.85. The van der Waals surface area contributed by atoms with E-state index in [0.717, 1.165) is 19.4 Å². The average molecular weight is 327 g/mol. The van der Waals surface area contributed by atoms with Gasteiger partial charge in [0.2, 0.25) is 0 Å². The van der Waals surface area contributed by atoms with Gasteiger partial charge in [0, 0.05) is 25.2 Å². The number of carboxylic acid groups (broad SMARTS) is 1. The molecule has 1 aliphatic carbocycles. The number of morpholine rings is 1. The van der Waals surface area contributed by atoms with Crippen LogP contribution in [0.1, 0.15) is 33.6 Å². The van der Waals surface area contributed by atoms with Gasteiger partial charge >= 0.3 is 12.0 Å². The molecule has 1 atom stereocenters. The quantitative estimate of drug-likeness (QED) is 0.760. The van der Waals surface area contributed by atoms with Gasteiger partial charge in [-0.15, -0.1) is 0 Å². The molecule has 23 heavy (non-hydrogen) atoms. The smallest absolute Gasteiger partial charge is 0.317 e. The molecule has 2 rings (SSSR count). The fraction of sp³-hybridized carbons (Fsp3) is 0.875. The summed E-state index contributed by atoms with van der Waals surface area (Å²) in [5.41, 5.74) is 0. The van der Waals surface area contributed by atoms with E-state index in [2.05, 4.69) is 19.2 Å². The van der Waals surface area contributed by atoms with Crippen LogP contribution >= 0.6 is 0 Å². The Hall–Kier alpha value is -1.34. The van der Waals surface area contributed by atoms with E-state index in [-0.39, 0.29) is 30.8 Å². The number of nitrogens with zero attached hydrogens (tertiary/aromatic N) is 2. The van der Waals surface area contributed by atoms with Crippen molar-refractivity contribution >= 4 is 12.0 Å². The molecule has 132 valence electrons. The van der Waals surface area contributed by atoms with Crippen LogP contribution < -0.4 is 5.32 Å². The molecule has 0 aromatic heterocycles. The second-order valence-corrected chi connectivity index (χ2v) is 6.83. The van der Waals surface area contributed by atoms with Gasteiger partial charge in [0.25, 0.3) is 0 Å². The summed E-state index contributed by atoms with van der Waals surface area (Å²) in [4.78, 5) is 27.0. The maximum absolute atomic E-state index is 12.3. The first-order chi connectivity index (χ1) is 10.9. The summed E-state index contributed by atoms with van der Waals surface area (Å²) in [6, 6.07) is 0.383. The number of ether oxygens (including phenoxy) is 1. The largest absolute Gasteiger partial charge is 0.480 e. The van der Waals surface area contributed by atoms with E-state index in [1.54, 1.807) is 0 Å². The summed E-state index contributed by atoms with van der Waals surface area (Å²) in [5.74, 6) is -0.403. The highest BCUT2D eigenvalue weighted by molar-refractivity contribution is 5.74. The van der Waals surface area contributed by atoms with Crippen LogP contribution in [0.25, 0.3) is 0 Å². The van der Waals surface area contributed by atoms with E-state index in [1.165, 1.54) is 0 Å². The van der Waals surface area contributed by atoms with Gasteiger partial charge < -0.3 is 20.1 Å². The standard InChI is InChI=1S/C16H29N3O4/c1-4-18(10-15(20)21)13-7-12(8-13)17-16(22)19-5-6-23-14(9-19)11(2)3/h11-14H,4-10H2,1-3H3,(H,17,22)(H,20,21). The van der Waals surface area contributed by atoms with Gasteiger partial charge in [-0.1, -0.05) is 20.8 Å². The predicted molar refractivity (Wildman–Crippen MR) is 86.4 cm³/mol. The number of urea groups is 1. The molecule has 1 saturated heterocycles. The normalized spacial score (nSPS) is 27.9. The molecule has 1 unspecified atom stereocenters. The van der Waals surface area contributed by atoms with Gasteiger partial charge in [-0.3, -0.25) is 9.69 Å². The third kappa shape index (κ3) is 4.81. The molecule has 1 heterocycles. The summed E-state index contributed by atoms with van der Waals surface area (Å²) in [7, 11) is 0. The third-order valence-electron chi connectivity index (χ3n) is 4.83. The monoisotopic (exact) mass is 327 g/mol. The predicted octanol–water partition coefficient (Wildman–Crippen LogP) is 0.990. The van der Waals surface area contributed by atoms with E-state index in [9.17, 15) is 9.59 Å². The number of carbonyl (C=O) groups is 2. The lowest BCUT2D eigenvalue weighted by Crippen LogP contribution is -2.58. The number of likely N-dealkylation sites (N-methyl/N-ethyl adjacent to an activating group) is 1. The zero-order chi connectivity index (χ0) is 17.0. The molecule has 0 bridgehead atoms. The fourth-order valence-electron chi connectivity index (χ4n) is 3.21. The molecule has 7 nitrogen and oxygen atoms in total. The fourth-order valence-corrected chi connectivity index (χ4v) is 3.21. The maximum atomic E-state index is 12.3. The average Bonchev–Trinajstić information content (AvgIpc) is 2.48. The van der Waals surface area contributed by atoms with Crippen LogP contribution in [0.2, 0.25) is 0 Å². The highest BCUT2D eigenvalue weighted by Gasteiger charge is 2.36. The molecule has 0 spiro atoms. The molecule has 2 amide bonds. The number of hydrogen-bond acceptors (Lipinski definition) is 4. The molecule has 0 radical (unpaired) electrons. The second-order valence-electron chi connectivity index (χ2n) is 6.83. The molecular weight excluding hydrogens is 298 g/mol. The van der Waals surface area contributed by atoms with Gasteiger partial charge in [-0.25, -0.2) is 4.79 Å². The highest BCUT2D eigenvalue weighted by atomic mass is 16.5. The minimum absolute atomic E-state index is 0.0244. The van der Waals surface area contributed by atoms with E-state index in [0.29, 0.717) is 25.6 Å². The Kier molecular flexibility index (Phi) is 6.24. The summed E-state index contributed by atoms with van der Waals surface area (Å²) < 4.78 is 5.68. The van der Waals surface area contributed by atoms with Gasteiger partial charge in [0.05, 0.1) is 19.3 Å².